The first-order valence-corrected chi connectivity index (χ1v) is 7.30. The van der Waals surface area contributed by atoms with Crippen LogP contribution >= 0.6 is 0 Å². The van der Waals surface area contributed by atoms with E-state index in [2.05, 4.69) is 15.5 Å². The molecule has 6 nitrogen and oxygen atoms in total. The number of hydrogen-bond acceptors (Lipinski definition) is 3. The number of carbonyl (C=O) groups excluding carboxylic acids is 1. The van der Waals surface area contributed by atoms with E-state index in [-0.39, 0.29) is 0 Å². The average molecular weight is 285 g/mol. The van der Waals surface area contributed by atoms with Gasteiger partial charge in [-0.25, -0.2) is 9.59 Å². The standard InChI is InChI=1S/C14H27N3O3/c1-14(2,3)11(12(18)19)16-13(20)15-7-10-17-8-5-4-6-9-17/h11H,4-10H2,1-3H3,(H,18,19)(H2,15,16,20). The van der Waals surface area contributed by atoms with Gasteiger partial charge in [-0.3, -0.25) is 0 Å². The molecule has 0 bridgehead atoms. The van der Waals surface area contributed by atoms with Crippen molar-refractivity contribution < 1.29 is 14.7 Å². The summed E-state index contributed by atoms with van der Waals surface area (Å²) in [5.41, 5.74) is -0.518. The molecular weight excluding hydrogens is 258 g/mol. The highest BCUT2D eigenvalue weighted by molar-refractivity contribution is 5.83. The lowest BCUT2D eigenvalue weighted by molar-refractivity contribution is -0.141. The summed E-state index contributed by atoms with van der Waals surface area (Å²) in [7, 11) is 0. The summed E-state index contributed by atoms with van der Waals surface area (Å²) < 4.78 is 0. The largest absolute Gasteiger partial charge is 0.480 e. The first-order valence-electron chi connectivity index (χ1n) is 7.30. The number of urea groups is 1. The van der Waals surface area contributed by atoms with Crippen molar-refractivity contribution in [3.8, 4) is 0 Å². The van der Waals surface area contributed by atoms with Gasteiger partial charge in [0.05, 0.1) is 0 Å². The SMILES string of the molecule is CC(C)(C)C(NC(=O)NCCN1CCCCC1)C(=O)O. The van der Waals surface area contributed by atoms with Crippen LogP contribution in [0.4, 0.5) is 4.79 Å². The molecule has 1 rings (SSSR count). The Labute approximate surface area is 120 Å². The molecule has 3 N–H and O–H groups in total. The van der Waals surface area contributed by atoms with E-state index in [1.165, 1.54) is 19.3 Å². The number of hydrogen-bond donors (Lipinski definition) is 3. The first kappa shape index (κ1) is 16.8. The zero-order valence-corrected chi connectivity index (χ0v) is 12.7. The molecule has 0 aliphatic carbocycles. The predicted octanol–water partition coefficient (Wildman–Crippen LogP) is 1.27. The van der Waals surface area contributed by atoms with Crippen molar-refractivity contribution in [1.29, 1.82) is 0 Å². The van der Waals surface area contributed by atoms with Gasteiger partial charge < -0.3 is 20.6 Å². The Morgan fingerprint density at radius 1 is 1.20 bits per heavy atom. The van der Waals surface area contributed by atoms with Crippen molar-refractivity contribution >= 4 is 12.0 Å². The van der Waals surface area contributed by atoms with E-state index in [9.17, 15) is 9.59 Å². The molecule has 0 aromatic heterocycles. The molecule has 116 valence electrons. The third kappa shape index (κ3) is 5.77. The normalized spacial score (nSPS) is 18.4. The third-order valence-corrected chi connectivity index (χ3v) is 3.55. The van der Waals surface area contributed by atoms with E-state index in [1.807, 2.05) is 0 Å². The van der Waals surface area contributed by atoms with Gasteiger partial charge in [0.2, 0.25) is 0 Å². The second kappa shape index (κ2) is 7.47. The van der Waals surface area contributed by atoms with Crippen LogP contribution in [0.15, 0.2) is 0 Å². The summed E-state index contributed by atoms with van der Waals surface area (Å²) >= 11 is 0. The summed E-state index contributed by atoms with van der Waals surface area (Å²) in [5.74, 6) is -1.01. The molecule has 0 spiro atoms. The lowest BCUT2D eigenvalue weighted by Gasteiger charge is -2.28. The highest BCUT2D eigenvalue weighted by Crippen LogP contribution is 2.19. The Kier molecular flexibility index (Phi) is 6.26. The molecular formula is C14H27N3O3. The monoisotopic (exact) mass is 285 g/mol. The molecule has 20 heavy (non-hydrogen) atoms. The predicted molar refractivity (Wildman–Crippen MR) is 77.7 cm³/mol. The molecule has 2 amide bonds. The molecule has 1 heterocycles. The van der Waals surface area contributed by atoms with Gasteiger partial charge in [0.15, 0.2) is 0 Å². The smallest absolute Gasteiger partial charge is 0.326 e. The van der Waals surface area contributed by atoms with E-state index in [1.54, 1.807) is 20.8 Å². The van der Waals surface area contributed by atoms with Crippen LogP contribution < -0.4 is 10.6 Å². The number of piperidine rings is 1. The number of likely N-dealkylation sites (tertiary alicyclic amines) is 1. The number of aliphatic carboxylic acids is 1. The molecule has 0 radical (unpaired) electrons. The minimum Gasteiger partial charge on any atom is -0.480 e. The Hall–Kier alpha value is -1.30. The summed E-state index contributed by atoms with van der Waals surface area (Å²) in [6.07, 6.45) is 3.73. The average Bonchev–Trinajstić information content (AvgIpc) is 2.35. The molecule has 1 aliphatic heterocycles. The van der Waals surface area contributed by atoms with Gasteiger partial charge in [0.1, 0.15) is 6.04 Å². The fourth-order valence-electron chi connectivity index (χ4n) is 2.34. The van der Waals surface area contributed by atoms with E-state index < -0.39 is 23.5 Å². The topological polar surface area (TPSA) is 81.7 Å². The number of carbonyl (C=O) groups is 2. The highest BCUT2D eigenvalue weighted by Gasteiger charge is 2.32. The lowest BCUT2D eigenvalue weighted by Crippen LogP contribution is -2.53. The fraction of sp³-hybridized carbons (Fsp3) is 0.857. The zero-order chi connectivity index (χ0) is 15.2. The van der Waals surface area contributed by atoms with Crippen LogP contribution in [0.25, 0.3) is 0 Å². The van der Waals surface area contributed by atoms with Crippen LogP contribution in [-0.4, -0.2) is 54.2 Å². The quantitative estimate of drug-likeness (QED) is 0.710. The molecule has 0 aromatic carbocycles. The van der Waals surface area contributed by atoms with E-state index in [0.29, 0.717) is 6.54 Å². The van der Waals surface area contributed by atoms with Gasteiger partial charge in [0, 0.05) is 13.1 Å². The fourth-order valence-corrected chi connectivity index (χ4v) is 2.34. The van der Waals surface area contributed by atoms with Crippen molar-refractivity contribution in [2.45, 2.75) is 46.1 Å². The van der Waals surface area contributed by atoms with Gasteiger partial charge in [-0.2, -0.15) is 0 Å². The Morgan fingerprint density at radius 3 is 2.30 bits per heavy atom. The second-order valence-electron chi connectivity index (χ2n) is 6.44. The number of carboxylic acid groups (broad SMARTS) is 1. The second-order valence-corrected chi connectivity index (χ2v) is 6.44. The van der Waals surface area contributed by atoms with Crippen molar-refractivity contribution in [2.24, 2.45) is 5.41 Å². The number of nitrogens with zero attached hydrogens (tertiary/aromatic N) is 1. The molecule has 1 fully saturated rings. The highest BCUT2D eigenvalue weighted by atomic mass is 16.4. The van der Waals surface area contributed by atoms with Gasteiger partial charge in [0.25, 0.3) is 0 Å². The van der Waals surface area contributed by atoms with Gasteiger partial charge >= 0.3 is 12.0 Å². The molecule has 0 saturated carbocycles. The third-order valence-electron chi connectivity index (χ3n) is 3.55. The lowest BCUT2D eigenvalue weighted by atomic mass is 9.87. The summed E-state index contributed by atoms with van der Waals surface area (Å²) in [6, 6.07) is -1.30. The minimum absolute atomic E-state index is 0.413. The van der Waals surface area contributed by atoms with Crippen LogP contribution in [0.2, 0.25) is 0 Å². The van der Waals surface area contributed by atoms with Gasteiger partial charge in [-0.05, 0) is 31.3 Å². The molecule has 1 atom stereocenters. The van der Waals surface area contributed by atoms with E-state index >= 15 is 0 Å². The number of carboxylic acids is 1. The van der Waals surface area contributed by atoms with Crippen molar-refractivity contribution in [1.82, 2.24) is 15.5 Å². The Balaban J connectivity index is 2.29. The molecule has 6 heteroatoms. The molecule has 1 unspecified atom stereocenters. The van der Waals surface area contributed by atoms with Crippen LogP contribution in [0.3, 0.4) is 0 Å². The van der Waals surface area contributed by atoms with Crippen LogP contribution in [0.1, 0.15) is 40.0 Å². The minimum atomic E-state index is -1.01. The van der Waals surface area contributed by atoms with Gasteiger partial charge in [-0.15, -0.1) is 0 Å². The summed E-state index contributed by atoms with van der Waals surface area (Å²) in [6.45, 7) is 8.91. The van der Waals surface area contributed by atoms with Crippen molar-refractivity contribution in [3.63, 3.8) is 0 Å². The van der Waals surface area contributed by atoms with Crippen molar-refractivity contribution in [3.05, 3.63) is 0 Å². The number of nitrogens with one attached hydrogen (secondary N) is 2. The van der Waals surface area contributed by atoms with Crippen LogP contribution in [0.5, 0.6) is 0 Å². The number of rotatable bonds is 5. The molecule has 0 aromatic rings. The van der Waals surface area contributed by atoms with Crippen molar-refractivity contribution in [2.75, 3.05) is 26.2 Å². The van der Waals surface area contributed by atoms with Crippen LogP contribution in [0, 0.1) is 5.41 Å². The van der Waals surface area contributed by atoms with Gasteiger partial charge in [-0.1, -0.05) is 27.2 Å². The maximum Gasteiger partial charge on any atom is 0.326 e. The van der Waals surface area contributed by atoms with E-state index in [0.717, 1.165) is 19.6 Å². The maximum atomic E-state index is 11.7. The Bertz CT molecular complexity index is 333. The Morgan fingerprint density at radius 2 is 1.80 bits per heavy atom. The first-order chi connectivity index (χ1) is 9.30. The maximum absolute atomic E-state index is 11.7. The zero-order valence-electron chi connectivity index (χ0n) is 12.7. The molecule has 1 saturated heterocycles. The summed E-state index contributed by atoms with van der Waals surface area (Å²) in [5, 5.41) is 14.4. The number of amides is 2. The molecule has 1 aliphatic rings. The van der Waals surface area contributed by atoms with Crippen LogP contribution in [-0.2, 0) is 4.79 Å². The van der Waals surface area contributed by atoms with E-state index in [4.69, 9.17) is 5.11 Å². The summed E-state index contributed by atoms with van der Waals surface area (Å²) in [4.78, 5) is 25.2.